The summed E-state index contributed by atoms with van der Waals surface area (Å²) in [5.41, 5.74) is 2.96. The molecule has 5 aromatic rings. The summed E-state index contributed by atoms with van der Waals surface area (Å²) in [6.45, 7) is 5.98. The molecule has 41 heavy (non-hydrogen) atoms. The molecule has 0 unspecified atom stereocenters. The zero-order valence-corrected chi connectivity index (χ0v) is 26.2. The van der Waals surface area contributed by atoms with Gasteiger partial charge in [-0.25, -0.2) is 0 Å². The minimum atomic E-state index is -4.03. The van der Waals surface area contributed by atoms with Crippen molar-refractivity contribution < 1.29 is 15.7 Å². The van der Waals surface area contributed by atoms with Crippen molar-refractivity contribution in [3.05, 3.63) is 163 Å². The fourth-order valence-corrected chi connectivity index (χ4v) is 11.5. The molecule has 5 aromatic carbocycles. The second-order valence-electron chi connectivity index (χ2n) is 10.6. The van der Waals surface area contributed by atoms with Gasteiger partial charge in [-0.3, -0.25) is 0 Å². The number of hydrogen-bond acceptors (Lipinski definition) is 4. The zero-order valence-electron chi connectivity index (χ0n) is 23.3. The van der Waals surface area contributed by atoms with Gasteiger partial charge in [0, 0.05) is 0 Å². The average Bonchev–Trinajstić information content (AvgIpc) is 2.98. The Bertz CT molecular complexity index is 1610. The van der Waals surface area contributed by atoms with E-state index in [1.807, 2.05) is 124 Å². The van der Waals surface area contributed by atoms with Crippen molar-refractivity contribution in [3.63, 3.8) is 0 Å². The van der Waals surface area contributed by atoms with E-state index in [0.29, 0.717) is 0 Å². The van der Waals surface area contributed by atoms with Crippen LogP contribution in [0.4, 0.5) is 0 Å². The third-order valence-electron chi connectivity index (χ3n) is 6.28. The van der Waals surface area contributed by atoms with Crippen LogP contribution in [-0.2, 0) is 12.6 Å². The Labute approximate surface area is 251 Å². The van der Waals surface area contributed by atoms with Gasteiger partial charge in [0.2, 0.25) is 0 Å². The van der Waals surface area contributed by atoms with Crippen molar-refractivity contribution in [1.29, 1.82) is 0 Å². The summed E-state index contributed by atoms with van der Waals surface area (Å²) in [7, 11) is -4.03. The summed E-state index contributed by atoms with van der Waals surface area (Å²) >= 11 is -2.82. The molecule has 0 bridgehead atoms. The maximum absolute atomic E-state index is 13.7. The molecule has 0 fully saturated rings. The van der Waals surface area contributed by atoms with Crippen LogP contribution in [0.1, 0.15) is 43.4 Å². The molecule has 0 atom stereocenters. The van der Waals surface area contributed by atoms with Crippen LogP contribution in [0.15, 0.2) is 144 Å². The first-order chi connectivity index (χ1) is 19.7. The molecular weight excluding hydrogens is 643 g/mol. The molecule has 210 valence electrons. The van der Waals surface area contributed by atoms with Gasteiger partial charge in [-0.05, 0) is 0 Å². The summed E-state index contributed by atoms with van der Waals surface area (Å²) in [5, 5.41) is 0. The molecule has 0 heterocycles. The van der Waals surface area contributed by atoms with E-state index in [1.165, 1.54) is 0 Å². The second-order valence-corrected chi connectivity index (χ2v) is 17.0. The Hall–Kier alpha value is -3.46. The topological polar surface area (TPSA) is 52.6 Å². The third kappa shape index (κ3) is 7.44. The summed E-state index contributed by atoms with van der Waals surface area (Å²) < 4.78 is 41.1. The van der Waals surface area contributed by atoms with E-state index in [9.17, 15) is 8.42 Å². The van der Waals surface area contributed by atoms with Crippen LogP contribution >= 0.6 is 20.2 Å². The van der Waals surface area contributed by atoms with E-state index in [2.05, 4.69) is 24.3 Å². The Morgan fingerprint density at radius 3 is 1.49 bits per heavy atom. The normalized spacial score (nSPS) is 12.2. The zero-order chi connectivity index (χ0) is 28.9. The van der Waals surface area contributed by atoms with E-state index in [4.69, 9.17) is 7.25 Å². The van der Waals surface area contributed by atoms with Gasteiger partial charge >= 0.3 is 252 Å². The second kappa shape index (κ2) is 12.6. The Morgan fingerprint density at radius 2 is 1.00 bits per heavy atom. The number of benzene rings is 5. The first-order valence-electron chi connectivity index (χ1n) is 13.4. The van der Waals surface area contributed by atoms with Gasteiger partial charge < -0.3 is 0 Å². The van der Waals surface area contributed by atoms with Crippen LogP contribution in [0.25, 0.3) is 0 Å². The molecule has 0 N–H and O–H groups in total. The van der Waals surface area contributed by atoms with E-state index in [1.54, 1.807) is 12.1 Å². The van der Waals surface area contributed by atoms with Gasteiger partial charge in [-0.2, -0.15) is 0 Å². The Morgan fingerprint density at radius 1 is 0.561 bits per heavy atom. The number of rotatable bonds is 9. The molecule has 5 rings (SSSR count). The van der Waals surface area contributed by atoms with Crippen LogP contribution < -0.4 is 4.74 Å². The van der Waals surface area contributed by atoms with Gasteiger partial charge in [0.1, 0.15) is 0 Å². The first kappa shape index (κ1) is 29.0. The molecule has 0 aromatic heterocycles. The number of ether oxygens (including phenoxy) is 1. The van der Waals surface area contributed by atoms with Crippen molar-refractivity contribution >= 4 is 30.4 Å². The maximum atomic E-state index is 13.7. The van der Waals surface area contributed by atoms with Crippen LogP contribution in [0, 0.1) is 7.14 Å². The number of halogens is 1. The molecule has 0 amide bonds. The average molecular weight is 677 g/mol. The summed E-state index contributed by atoms with van der Waals surface area (Å²) in [6, 6.07) is 44.8. The molecule has 4 nitrogen and oxygen atoms in total. The summed E-state index contributed by atoms with van der Waals surface area (Å²) in [6.07, 6.45) is 0. The first-order valence-corrected chi connectivity index (χ1v) is 17.8. The molecule has 0 aliphatic heterocycles. The van der Waals surface area contributed by atoms with Crippen molar-refractivity contribution in [3.8, 4) is 5.75 Å². The van der Waals surface area contributed by atoms with Crippen molar-refractivity contribution in [2.24, 2.45) is 0 Å². The molecule has 6 heteroatoms. The summed E-state index contributed by atoms with van der Waals surface area (Å²) in [5.74, 6) is 0.714. The predicted molar refractivity (Wildman–Crippen MR) is 173 cm³/mol. The van der Waals surface area contributed by atoms with Crippen LogP contribution in [0.3, 0.4) is 0 Å². The van der Waals surface area contributed by atoms with Gasteiger partial charge in [-0.1, -0.05) is 0 Å². The summed E-state index contributed by atoms with van der Waals surface area (Å²) in [4.78, 5) is 0.145. The quantitative estimate of drug-likeness (QED) is 0.116. The van der Waals surface area contributed by atoms with Crippen molar-refractivity contribution in [2.45, 2.75) is 37.2 Å². The minimum absolute atomic E-state index is 0.0171. The fourth-order valence-electron chi connectivity index (χ4n) is 4.51. The van der Waals surface area contributed by atoms with Crippen molar-refractivity contribution in [1.82, 2.24) is 0 Å². The molecular formula is C35H33IO4S. The van der Waals surface area contributed by atoms with E-state index in [-0.39, 0.29) is 16.4 Å². The Balaban J connectivity index is 1.45. The van der Waals surface area contributed by atoms with Crippen LogP contribution in [0.5, 0.6) is 5.75 Å². The van der Waals surface area contributed by atoms with Gasteiger partial charge in [0.05, 0.1) is 0 Å². The Kier molecular flexibility index (Phi) is 8.92. The van der Waals surface area contributed by atoms with E-state index >= 15 is 0 Å². The molecule has 0 spiro atoms. The van der Waals surface area contributed by atoms with E-state index in [0.717, 1.165) is 29.6 Å². The number of hydrogen-bond donors (Lipinski definition) is 0. The van der Waals surface area contributed by atoms with E-state index < -0.39 is 30.4 Å². The third-order valence-corrected chi connectivity index (χ3v) is 13.6. The molecule has 0 saturated carbocycles. The molecule has 0 saturated heterocycles. The molecule has 0 aliphatic carbocycles. The molecule has 0 aliphatic rings. The van der Waals surface area contributed by atoms with Gasteiger partial charge in [0.25, 0.3) is 0 Å². The van der Waals surface area contributed by atoms with Gasteiger partial charge in [-0.15, -0.1) is 0 Å². The van der Waals surface area contributed by atoms with Crippen molar-refractivity contribution in [2.75, 3.05) is 0 Å². The SMILES string of the molecule is CC(C)(C)Oc1ccc(I(OS(=O)(=O)c2ccc(C(c3ccccc3)c3ccccc3)cc2)c2ccccc2)cc1. The standard InChI is InChI=1S/C35H33IO4S/c1-35(2,3)39-32-23-21-31(22-24-32)36(30-17-11-6-12-18-30)40-41(37,38)33-25-19-29(20-26-33)34(27-13-7-4-8-14-27)28-15-9-5-10-16-28/h4-26,34H,1-3H3. The van der Waals surface area contributed by atoms with Gasteiger partial charge in [0.15, 0.2) is 0 Å². The van der Waals surface area contributed by atoms with Crippen LogP contribution in [-0.4, -0.2) is 14.0 Å². The monoisotopic (exact) mass is 676 g/mol. The van der Waals surface area contributed by atoms with Crippen LogP contribution in [0.2, 0.25) is 0 Å². The fraction of sp³-hybridized carbons (Fsp3) is 0.143. The predicted octanol–water partition coefficient (Wildman–Crippen LogP) is 8.91. The molecule has 0 radical (unpaired) electrons.